The summed E-state index contributed by atoms with van der Waals surface area (Å²) >= 11 is 0. The molecular formula is C11H10N2O4. The molecule has 1 aliphatic carbocycles. The summed E-state index contributed by atoms with van der Waals surface area (Å²) in [5.41, 5.74) is -3.02. The Hall–Kier alpha value is -2.37. The molecule has 1 aromatic heterocycles. The van der Waals surface area contributed by atoms with Gasteiger partial charge in [-0.1, -0.05) is 18.2 Å². The van der Waals surface area contributed by atoms with Gasteiger partial charge < -0.3 is 10.1 Å². The van der Waals surface area contributed by atoms with E-state index in [4.69, 9.17) is 0 Å². The van der Waals surface area contributed by atoms with Gasteiger partial charge in [-0.2, -0.15) is 0 Å². The second-order valence-corrected chi connectivity index (χ2v) is 3.68. The molecule has 2 rings (SSSR count). The number of allylic oxidation sites excluding steroid dienone is 3. The first-order chi connectivity index (χ1) is 8.08. The van der Waals surface area contributed by atoms with Crippen LogP contribution in [0.2, 0.25) is 0 Å². The Morgan fingerprint density at radius 2 is 2.18 bits per heavy atom. The third kappa shape index (κ3) is 1.63. The molecule has 1 unspecified atom stereocenters. The molecule has 0 aromatic carbocycles. The molecule has 0 saturated carbocycles. The molecule has 0 bridgehead atoms. The summed E-state index contributed by atoms with van der Waals surface area (Å²) in [5.74, 6) is -1.24. The van der Waals surface area contributed by atoms with Crippen molar-refractivity contribution in [2.45, 2.75) is 12.0 Å². The number of H-pyrrole nitrogens is 1. The van der Waals surface area contributed by atoms with E-state index in [0.717, 1.165) is 10.6 Å². The molecule has 1 aromatic rings. The van der Waals surface area contributed by atoms with Crippen molar-refractivity contribution in [1.82, 2.24) is 9.55 Å². The van der Waals surface area contributed by atoms with Gasteiger partial charge in [-0.3, -0.25) is 4.79 Å². The van der Waals surface area contributed by atoms with Gasteiger partial charge in [0.15, 0.2) is 5.54 Å². The van der Waals surface area contributed by atoms with E-state index in [1.165, 1.54) is 18.3 Å². The fourth-order valence-electron chi connectivity index (χ4n) is 1.83. The minimum absolute atomic E-state index is 0.0613. The highest BCUT2D eigenvalue weighted by Gasteiger charge is 2.40. The number of nitrogens with one attached hydrogen (secondary N) is 1. The number of carbonyl (C=O) groups is 1. The lowest BCUT2D eigenvalue weighted by Gasteiger charge is -2.27. The molecule has 1 atom stereocenters. The summed E-state index contributed by atoms with van der Waals surface area (Å²) in [4.78, 5) is 37.0. The smallest absolute Gasteiger partial charge is 0.334 e. The van der Waals surface area contributed by atoms with Gasteiger partial charge in [0, 0.05) is 18.7 Å². The zero-order chi connectivity index (χ0) is 12.5. The molecule has 1 aliphatic rings. The molecule has 6 nitrogen and oxygen atoms in total. The van der Waals surface area contributed by atoms with Crippen molar-refractivity contribution < 1.29 is 9.90 Å². The van der Waals surface area contributed by atoms with E-state index in [1.807, 2.05) is 0 Å². The summed E-state index contributed by atoms with van der Waals surface area (Å²) in [6.07, 6.45) is 7.38. The van der Waals surface area contributed by atoms with Crippen molar-refractivity contribution in [2.24, 2.45) is 0 Å². The number of rotatable bonds is 2. The molecule has 17 heavy (non-hydrogen) atoms. The summed E-state index contributed by atoms with van der Waals surface area (Å²) < 4.78 is 0.718. The first-order valence-corrected chi connectivity index (χ1v) is 4.97. The van der Waals surface area contributed by atoms with Gasteiger partial charge in [0.25, 0.3) is 5.56 Å². The Labute approximate surface area is 95.5 Å². The van der Waals surface area contributed by atoms with Crippen LogP contribution in [0.5, 0.6) is 0 Å². The molecule has 2 N–H and O–H groups in total. The predicted octanol–water partition coefficient (Wildman–Crippen LogP) is -0.167. The van der Waals surface area contributed by atoms with E-state index >= 15 is 0 Å². The topological polar surface area (TPSA) is 92.2 Å². The Kier molecular flexibility index (Phi) is 2.55. The van der Waals surface area contributed by atoms with Crippen LogP contribution in [0.3, 0.4) is 0 Å². The van der Waals surface area contributed by atoms with Gasteiger partial charge >= 0.3 is 11.7 Å². The van der Waals surface area contributed by atoms with Gasteiger partial charge in [-0.25, -0.2) is 14.2 Å². The maximum atomic E-state index is 11.7. The fraction of sp³-hybridized carbons (Fsp3) is 0.182. The van der Waals surface area contributed by atoms with Crippen LogP contribution in [0.15, 0.2) is 46.2 Å². The number of carboxylic acid groups (broad SMARTS) is 1. The average Bonchev–Trinajstić information content (AvgIpc) is 2.29. The third-order valence-electron chi connectivity index (χ3n) is 2.67. The van der Waals surface area contributed by atoms with Gasteiger partial charge in [0.1, 0.15) is 0 Å². The lowest BCUT2D eigenvalue weighted by atomic mass is 9.91. The number of nitrogens with zero attached hydrogens (tertiary/aromatic N) is 1. The van der Waals surface area contributed by atoms with Crippen molar-refractivity contribution in [2.75, 3.05) is 0 Å². The third-order valence-corrected chi connectivity index (χ3v) is 2.67. The zero-order valence-electron chi connectivity index (χ0n) is 8.79. The van der Waals surface area contributed by atoms with Gasteiger partial charge in [0.2, 0.25) is 0 Å². The second kappa shape index (κ2) is 3.89. The largest absolute Gasteiger partial charge is 0.479 e. The lowest BCUT2D eigenvalue weighted by Crippen LogP contribution is -2.52. The predicted molar refractivity (Wildman–Crippen MR) is 59.8 cm³/mol. The van der Waals surface area contributed by atoms with E-state index in [1.54, 1.807) is 12.2 Å². The fourth-order valence-corrected chi connectivity index (χ4v) is 1.83. The highest BCUT2D eigenvalue weighted by molar-refractivity contribution is 5.80. The molecule has 1 heterocycles. The van der Waals surface area contributed by atoms with Crippen molar-refractivity contribution in [3.05, 3.63) is 57.4 Å². The van der Waals surface area contributed by atoms with Crippen LogP contribution >= 0.6 is 0 Å². The summed E-state index contributed by atoms with van der Waals surface area (Å²) in [5, 5.41) is 9.29. The van der Waals surface area contributed by atoms with E-state index < -0.39 is 22.8 Å². The van der Waals surface area contributed by atoms with E-state index in [2.05, 4.69) is 4.98 Å². The highest BCUT2D eigenvalue weighted by Crippen LogP contribution is 2.24. The Morgan fingerprint density at radius 1 is 1.41 bits per heavy atom. The SMILES string of the molecule is O=C(O)C1(n2c(=O)cc[nH]c2=O)C=CC=CC1. The maximum Gasteiger partial charge on any atom is 0.334 e. The van der Waals surface area contributed by atoms with Gasteiger partial charge in [-0.15, -0.1) is 0 Å². The highest BCUT2D eigenvalue weighted by atomic mass is 16.4. The van der Waals surface area contributed by atoms with Crippen LogP contribution in [0.4, 0.5) is 0 Å². The number of carboxylic acids is 1. The van der Waals surface area contributed by atoms with E-state index in [0.29, 0.717) is 0 Å². The standard InChI is InChI=1S/C11H10N2O4/c14-8-4-7-12-10(17)13(8)11(9(15)16)5-2-1-3-6-11/h1-5,7H,6H2,(H,12,17)(H,15,16). The molecule has 0 spiro atoms. The number of aliphatic carboxylic acids is 1. The average molecular weight is 234 g/mol. The van der Waals surface area contributed by atoms with Crippen LogP contribution < -0.4 is 11.2 Å². The number of aromatic nitrogens is 2. The van der Waals surface area contributed by atoms with Gasteiger partial charge in [0.05, 0.1) is 0 Å². The monoisotopic (exact) mass is 234 g/mol. The van der Waals surface area contributed by atoms with Crippen molar-refractivity contribution >= 4 is 5.97 Å². The van der Waals surface area contributed by atoms with Crippen molar-refractivity contribution in [3.63, 3.8) is 0 Å². The minimum Gasteiger partial charge on any atom is -0.479 e. The first kappa shape index (κ1) is 11.1. The molecule has 0 amide bonds. The minimum atomic E-state index is -1.64. The molecule has 88 valence electrons. The van der Waals surface area contributed by atoms with Crippen LogP contribution in [0, 0.1) is 0 Å². The Morgan fingerprint density at radius 3 is 2.71 bits per heavy atom. The number of hydrogen-bond donors (Lipinski definition) is 2. The molecular weight excluding hydrogens is 224 g/mol. The molecule has 0 saturated heterocycles. The Bertz CT molecular complexity index is 595. The molecule has 0 radical (unpaired) electrons. The van der Waals surface area contributed by atoms with Crippen molar-refractivity contribution in [1.29, 1.82) is 0 Å². The summed E-state index contributed by atoms with van der Waals surface area (Å²) in [6, 6.07) is 1.12. The van der Waals surface area contributed by atoms with Crippen LogP contribution in [-0.2, 0) is 10.3 Å². The molecule has 0 fully saturated rings. The number of aromatic amines is 1. The van der Waals surface area contributed by atoms with Crippen molar-refractivity contribution in [3.8, 4) is 0 Å². The maximum absolute atomic E-state index is 11.7. The van der Waals surface area contributed by atoms with Crippen LogP contribution in [0.1, 0.15) is 6.42 Å². The normalized spacial score (nSPS) is 22.6. The molecule has 6 heteroatoms. The van der Waals surface area contributed by atoms with Crippen LogP contribution in [-0.4, -0.2) is 20.6 Å². The first-order valence-electron chi connectivity index (χ1n) is 4.97. The Balaban J connectivity index is 2.76. The van der Waals surface area contributed by atoms with Crippen LogP contribution in [0.25, 0.3) is 0 Å². The van der Waals surface area contributed by atoms with E-state index in [9.17, 15) is 19.5 Å². The number of hydrogen-bond acceptors (Lipinski definition) is 3. The summed E-state index contributed by atoms with van der Waals surface area (Å²) in [6.45, 7) is 0. The lowest BCUT2D eigenvalue weighted by molar-refractivity contribution is -0.145. The van der Waals surface area contributed by atoms with Gasteiger partial charge in [-0.05, 0) is 6.08 Å². The second-order valence-electron chi connectivity index (χ2n) is 3.68. The quantitative estimate of drug-likeness (QED) is 0.743. The van der Waals surface area contributed by atoms with E-state index in [-0.39, 0.29) is 6.42 Å². The zero-order valence-corrected chi connectivity index (χ0v) is 8.79. The summed E-state index contributed by atoms with van der Waals surface area (Å²) in [7, 11) is 0. The molecule has 0 aliphatic heterocycles.